The van der Waals surface area contributed by atoms with Crippen molar-refractivity contribution in [1.29, 1.82) is 0 Å². The van der Waals surface area contributed by atoms with Crippen LogP contribution in [0.25, 0.3) is 5.78 Å². The summed E-state index contributed by atoms with van der Waals surface area (Å²) < 4.78 is 6.32. The number of anilines is 1. The highest BCUT2D eigenvalue weighted by Gasteiger charge is 2.33. The van der Waals surface area contributed by atoms with Crippen molar-refractivity contribution in [1.82, 2.24) is 19.6 Å². The van der Waals surface area contributed by atoms with E-state index in [9.17, 15) is 4.79 Å². The molecule has 0 saturated heterocycles. The third-order valence-electron chi connectivity index (χ3n) is 2.36. The van der Waals surface area contributed by atoms with Crippen molar-refractivity contribution in [2.45, 2.75) is 13.0 Å². The van der Waals surface area contributed by atoms with Gasteiger partial charge in [-0.1, -0.05) is 0 Å². The van der Waals surface area contributed by atoms with Gasteiger partial charge in [-0.2, -0.15) is 14.6 Å². The van der Waals surface area contributed by atoms with Crippen molar-refractivity contribution in [3.8, 4) is 0 Å². The molecule has 3 rings (SSSR count). The predicted molar refractivity (Wildman–Crippen MR) is 49.0 cm³/mol. The largest absolute Gasteiger partial charge is 0.452 e. The molecule has 0 spiro atoms. The Hall–Kier alpha value is -2.18. The van der Waals surface area contributed by atoms with E-state index in [0.29, 0.717) is 17.0 Å². The second-order valence-electron chi connectivity index (χ2n) is 3.28. The molecule has 0 bridgehead atoms. The topological polar surface area (TPSA) is 95.4 Å². The van der Waals surface area contributed by atoms with Crippen LogP contribution in [0, 0.1) is 0 Å². The molecule has 0 aromatic carbocycles. The van der Waals surface area contributed by atoms with E-state index in [1.165, 1.54) is 10.8 Å². The van der Waals surface area contributed by atoms with Crippen molar-refractivity contribution in [3.05, 3.63) is 17.6 Å². The second-order valence-corrected chi connectivity index (χ2v) is 3.28. The number of nitrogens with zero attached hydrogens (tertiary/aromatic N) is 4. The number of cyclic esters (lactones) is 1. The van der Waals surface area contributed by atoms with Crippen LogP contribution in [0.2, 0.25) is 0 Å². The Kier molecular flexibility index (Phi) is 1.33. The van der Waals surface area contributed by atoms with Gasteiger partial charge in [0, 0.05) is 0 Å². The summed E-state index contributed by atoms with van der Waals surface area (Å²) in [5.41, 5.74) is 6.61. The van der Waals surface area contributed by atoms with E-state index in [1.54, 1.807) is 6.92 Å². The van der Waals surface area contributed by atoms with E-state index in [1.807, 2.05) is 0 Å². The van der Waals surface area contributed by atoms with E-state index in [0.717, 1.165) is 0 Å². The SMILES string of the molecule is CC1OC(=O)c2c1nc1ncnn1c2N. The van der Waals surface area contributed by atoms with Gasteiger partial charge in [-0.15, -0.1) is 0 Å². The molecule has 1 aliphatic rings. The van der Waals surface area contributed by atoms with Gasteiger partial charge in [0.25, 0.3) is 5.78 Å². The Labute approximate surface area is 83.9 Å². The molecular formula is C8H7N5O2. The average Bonchev–Trinajstić information content (AvgIpc) is 2.73. The molecule has 3 heterocycles. The summed E-state index contributed by atoms with van der Waals surface area (Å²) in [5.74, 6) is 0.137. The number of hydrogen-bond donors (Lipinski definition) is 1. The molecule has 1 atom stereocenters. The fraction of sp³-hybridized carbons (Fsp3) is 0.250. The normalized spacial score (nSPS) is 19.3. The van der Waals surface area contributed by atoms with E-state index in [2.05, 4.69) is 15.1 Å². The van der Waals surface area contributed by atoms with Gasteiger partial charge in [0.15, 0.2) is 0 Å². The lowest BCUT2D eigenvalue weighted by atomic mass is 10.2. The molecule has 0 fully saturated rings. The van der Waals surface area contributed by atoms with Crippen LogP contribution in [0.1, 0.15) is 29.1 Å². The molecule has 2 N–H and O–H groups in total. The highest BCUT2D eigenvalue weighted by atomic mass is 16.5. The van der Waals surface area contributed by atoms with Crippen LogP contribution < -0.4 is 5.73 Å². The van der Waals surface area contributed by atoms with Gasteiger partial charge in [0.2, 0.25) is 0 Å². The van der Waals surface area contributed by atoms with Crippen LogP contribution in [0.3, 0.4) is 0 Å². The summed E-state index contributed by atoms with van der Waals surface area (Å²) in [5, 5.41) is 3.87. The summed E-state index contributed by atoms with van der Waals surface area (Å²) >= 11 is 0. The van der Waals surface area contributed by atoms with Gasteiger partial charge in [0.1, 0.15) is 29.5 Å². The molecule has 0 saturated carbocycles. The number of carbonyl (C=O) groups is 1. The van der Waals surface area contributed by atoms with E-state index >= 15 is 0 Å². The number of fused-ring (bicyclic) bond motifs is 2. The number of ether oxygens (including phenoxy) is 1. The van der Waals surface area contributed by atoms with Crippen LogP contribution in [0.5, 0.6) is 0 Å². The van der Waals surface area contributed by atoms with Gasteiger partial charge < -0.3 is 10.5 Å². The zero-order valence-electron chi connectivity index (χ0n) is 7.84. The molecule has 0 amide bonds. The standard InChI is InChI=1S/C8H7N5O2/c1-3-5-4(7(14)15-3)6(9)13-8(12-5)10-2-11-13/h2-3H,9H2,1H3. The van der Waals surface area contributed by atoms with Crippen LogP contribution in [-0.4, -0.2) is 25.6 Å². The number of nitrogen functional groups attached to an aromatic ring is 1. The van der Waals surface area contributed by atoms with E-state index in [-0.39, 0.29) is 11.9 Å². The summed E-state index contributed by atoms with van der Waals surface area (Å²) in [6.45, 7) is 1.74. The monoisotopic (exact) mass is 205 g/mol. The number of nitrogens with two attached hydrogens (primary N) is 1. The van der Waals surface area contributed by atoms with Gasteiger partial charge in [-0.25, -0.2) is 9.78 Å². The van der Waals surface area contributed by atoms with Crippen LogP contribution in [-0.2, 0) is 4.74 Å². The summed E-state index contributed by atoms with van der Waals surface area (Å²) in [4.78, 5) is 19.5. The molecular weight excluding hydrogens is 198 g/mol. The van der Waals surface area contributed by atoms with Crippen molar-refractivity contribution < 1.29 is 9.53 Å². The Morgan fingerprint density at radius 1 is 1.60 bits per heavy atom. The Morgan fingerprint density at radius 2 is 2.40 bits per heavy atom. The lowest BCUT2D eigenvalue weighted by molar-refractivity contribution is 0.0418. The number of aromatic nitrogens is 4. The fourth-order valence-electron chi connectivity index (χ4n) is 1.66. The molecule has 7 heteroatoms. The molecule has 1 unspecified atom stereocenters. The molecule has 15 heavy (non-hydrogen) atoms. The third kappa shape index (κ3) is 0.888. The van der Waals surface area contributed by atoms with Crippen molar-refractivity contribution in [3.63, 3.8) is 0 Å². The van der Waals surface area contributed by atoms with Crippen LogP contribution in [0.4, 0.5) is 5.82 Å². The smallest absolute Gasteiger partial charge is 0.344 e. The van der Waals surface area contributed by atoms with E-state index in [4.69, 9.17) is 10.5 Å². The Morgan fingerprint density at radius 3 is 3.20 bits per heavy atom. The zero-order chi connectivity index (χ0) is 10.6. The third-order valence-corrected chi connectivity index (χ3v) is 2.36. The highest BCUT2D eigenvalue weighted by molar-refractivity contribution is 5.98. The van der Waals surface area contributed by atoms with Crippen LogP contribution >= 0.6 is 0 Å². The van der Waals surface area contributed by atoms with Gasteiger partial charge in [-0.05, 0) is 6.92 Å². The van der Waals surface area contributed by atoms with Crippen molar-refractivity contribution in [2.75, 3.05) is 5.73 Å². The van der Waals surface area contributed by atoms with Crippen LogP contribution in [0.15, 0.2) is 6.33 Å². The number of hydrogen-bond acceptors (Lipinski definition) is 6. The minimum Gasteiger partial charge on any atom is -0.452 e. The summed E-state index contributed by atoms with van der Waals surface area (Å²) in [6, 6.07) is 0. The first kappa shape index (κ1) is 8.16. The van der Waals surface area contributed by atoms with Gasteiger partial charge >= 0.3 is 5.97 Å². The lowest BCUT2D eigenvalue weighted by Crippen LogP contribution is -2.09. The lowest BCUT2D eigenvalue weighted by Gasteiger charge is -2.02. The minimum absolute atomic E-state index is 0.224. The predicted octanol–water partition coefficient (Wildman–Crippen LogP) is -0.0621. The average molecular weight is 205 g/mol. The number of carbonyl (C=O) groups excluding carboxylic acids is 1. The van der Waals surface area contributed by atoms with Crippen molar-refractivity contribution in [2.24, 2.45) is 0 Å². The second kappa shape index (κ2) is 2.44. The molecule has 76 valence electrons. The highest BCUT2D eigenvalue weighted by Crippen LogP contribution is 2.31. The number of esters is 1. The zero-order valence-corrected chi connectivity index (χ0v) is 7.84. The molecule has 0 aliphatic carbocycles. The molecule has 2 aromatic heterocycles. The number of rotatable bonds is 0. The molecule has 7 nitrogen and oxygen atoms in total. The first-order valence-corrected chi connectivity index (χ1v) is 4.38. The maximum Gasteiger partial charge on any atom is 0.344 e. The summed E-state index contributed by atoms with van der Waals surface area (Å²) in [6.07, 6.45) is 0.959. The van der Waals surface area contributed by atoms with E-state index < -0.39 is 5.97 Å². The van der Waals surface area contributed by atoms with Crippen molar-refractivity contribution >= 4 is 17.6 Å². The molecule has 1 aliphatic heterocycles. The first-order chi connectivity index (χ1) is 7.18. The van der Waals surface area contributed by atoms with Gasteiger partial charge in [-0.3, -0.25) is 0 Å². The maximum atomic E-state index is 11.5. The quantitative estimate of drug-likeness (QED) is 0.605. The molecule has 0 radical (unpaired) electrons. The summed E-state index contributed by atoms with van der Waals surface area (Å²) in [7, 11) is 0. The minimum atomic E-state index is -0.458. The van der Waals surface area contributed by atoms with Gasteiger partial charge in [0.05, 0.1) is 0 Å². The Bertz CT molecular complexity index is 576. The first-order valence-electron chi connectivity index (χ1n) is 4.38. The molecule has 2 aromatic rings. The maximum absolute atomic E-state index is 11.5. The fourth-order valence-corrected chi connectivity index (χ4v) is 1.66. The Balaban J connectivity index is 2.45.